The van der Waals surface area contributed by atoms with E-state index in [1.807, 2.05) is 12.1 Å². The Labute approximate surface area is 170 Å². The quantitative estimate of drug-likeness (QED) is 0.447. The largest absolute Gasteiger partial charge is 0.326 e. The molecule has 1 aliphatic rings. The van der Waals surface area contributed by atoms with Crippen LogP contribution in [0.4, 0.5) is 0 Å². The van der Waals surface area contributed by atoms with E-state index in [1.54, 1.807) is 31.3 Å². The van der Waals surface area contributed by atoms with Crippen molar-refractivity contribution >= 4 is 17.6 Å². The summed E-state index contributed by atoms with van der Waals surface area (Å²) < 4.78 is 0. The molecule has 3 rings (SSSR count). The molecule has 0 saturated heterocycles. The van der Waals surface area contributed by atoms with Crippen LogP contribution >= 0.6 is 0 Å². The van der Waals surface area contributed by atoms with Gasteiger partial charge in [-0.1, -0.05) is 6.08 Å². The van der Waals surface area contributed by atoms with Crippen LogP contribution in [0.1, 0.15) is 25.5 Å². The highest BCUT2D eigenvalue weighted by atomic mass is 16.1. The third kappa shape index (κ3) is 5.37. The van der Waals surface area contributed by atoms with Gasteiger partial charge in [-0.3, -0.25) is 19.7 Å². The van der Waals surface area contributed by atoms with Crippen molar-refractivity contribution in [2.24, 2.45) is 4.99 Å². The molecule has 29 heavy (non-hydrogen) atoms. The third-order valence-corrected chi connectivity index (χ3v) is 5.05. The smallest absolute Gasteiger partial charge is 0.257 e. The lowest BCUT2D eigenvalue weighted by molar-refractivity contribution is 0.291. The van der Waals surface area contributed by atoms with Gasteiger partial charge in [-0.15, -0.1) is 0 Å². The highest BCUT2D eigenvalue weighted by Gasteiger charge is 2.13. The number of aliphatic imine (C=N–C) groups is 1. The van der Waals surface area contributed by atoms with Gasteiger partial charge >= 0.3 is 0 Å². The third-order valence-electron chi connectivity index (χ3n) is 5.05. The number of aryl methyl sites for hydroxylation is 1. The number of nitrogens with zero attached hydrogens (tertiary/aromatic N) is 4. The van der Waals surface area contributed by atoms with E-state index >= 15 is 0 Å². The molecule has 2 aromatic heterocycles. The zero-order valence-corrected chi connectivity index (χ0v) is 16.7. The first-order valence-corrected chi connectivity index (χ1v) is 9.75. The Bertz CT molecular complexity index is 1080. The van der Waals surface area contributed by atoms with Crippen LogP contribution in [-0.4, -0.2) is 41.2 Å². The van der Waals surface area contributed by atoms with E-state index < -0.39 is 0 Å². The number of aromatic nitrogens is 2. The van der Waals surface area contributed by atoms with Gasteiger partial charge in [0.05, 0.1) is 22.7 Å². The van der Waals surface area contributed by atoms with Gasteiger partial charge < -0.3 is 4.98 Å². The van der Waals surface area contributed by atoms with Gasteiger partial charge in [-0.2, -0.15) is 5.26 Å². The lowest BCUT2D eigenvalue weighted by atomic mass is 10.0. The number of H-pyrrole nitrogens is 1. The molecule has 0 unspecified atom stereocenters. The molecule has 2 aromatic rings. The average molecular weight is 387 g/mol. The van der Waals surface area contributed by atoms with Crippen molar-refractivity contribution in [3.8, 4) is 6.07 Å². The maximum absolute atomic E-state index is 12.2. The van der Waals surface area contributed by atoms with Crippen LogP contribution in [0.15, 0.2) is 69.3 Å². The van der Waals surface area contributed by atoms with Gasteiger partial charge in [0.1, 0.15) is 0 Å². The molecule has 0 aromatic carbocycles. The Morgan fingerprint density at radius 1 is 1.48 bits per heavy atom. The Balaban J connectivity index is 1.55. The fraction of sp³-hybridized carbons (Fsp3) is 0.304. The molecule has 1 aliphatic heterocycles. The highest BCUT2D eigenvalue weighted by Crippen LogP contribution is 2.20. The first kappa shape index (κ1) is 20.4. The van der Waals surface area contributed by atoms with Crippen molar-refractivity contribution < 1.29 is 0 Å². The van der Waals surface area contributed by atoms with E-state index in [0.29, 0.717) is 11.0 Å². The van der Waals surface area contributed by atoms with Crippen molar-refractivity contribution in [3.63, 3.8) is 0 Å². The number of aromatic amines is 1. The van der Waals surface area contributed by atoms with E-state index in [0.717, 1.165) is 55.8 Å². The van der Waals surface area contributed by atoms with Gasteiger partial charge in [0, 0.05) is 30.6 Å². The number of rotatable bonds is 7. The molecule has 0 fully saturated rings. The van der Waals surface area contributed by atoms with Crippen LogP contribution in [0.3, 0.4) is 0 Å². The Kier molecular flexibility index (Phi) is 6.88. The first-order valence-electron chi connectivity index (χ1n) is 9.75. The van der Waals surface area contributed by atoms with E-state index in [4.69, 9.17) is 5.26 Å². The maximum Gasteiger partial charge on any atom is 0.257 e. The van der Waals surface area contributed by atoms with Crippen molar-refractivity contribution in [2.75, 3.05) is 19.6 Å². The molecule has 6 nitrogen and oxygen atoms in total. The summed E-state index contributed by atoms with van der Waals surface area (Å²) in [4.78, 5) is 25.9. The van der Waals surface area contributed by atoms with E-state index in [9.17, 15) is 4.79 Å². The van der Waals surface area contributed by atoms with Gasteiger partial charge in [0.25, 0.3) is 5.56 Å². The van der Waals surface area contributed by atoms with Crippen LogP contribution in [0.2, 0.25) is 0 Å². The Morgan fingerprint density at radius 2 is 2.34 bits per heavy atom. The number of hydrogen-bond acceptors (Lipinski definition) is 5. The van der Waals surface area contributed by atoms with Crippen LogP contribution in [0, 0.1) is 11.3 Å². The first-order chi connectivity index (χ1) is 14.1. The van der Waals surface area contributed by atoms with E-state index in [2.05, 4.69) is 38.7 Å². The normalized spacial score (nSPS) is 15.8. The summed E-state index contributed by atoms with van der Waals surface area (Å²) in [5, 5.41) is 9.49. The summed E-state index contributed by atoms with van der Waals surface area (Å²) in [5.74, 6) is 0. The highest BCUT2D eigenvalue weighted by molar-refractivity contribution is 5.77. The second-order valence-electron chi connectivity index (χ2n) is 7.11. The van der Waals surface area contributed by atoms with Crippen LogP contribution in [-0.2, 0) is 6.42 Å². The molecule has 0 atom stereocenters. The fourth-order valence-electron chi connectivity index (χ4n) is 3.42. The molecule has 1 N–H and O–H groups in total. The molecular formula is C23H25N5O. The number of nitrogens with one attached hydrogen (secondary N) is 1. The minimum Gasteiger partial charge on any atom is -0.326 e. The van der Waals surface area contributed by atoms with Crippen molar-refractivity contribution in [3.05, 3.63) is 75.5 Å². The zero-order chi connectivity index (χ0) is 20.6. The minimum atomic E-state index is -0.0759. The molecular weight excluding hydrogens is 362 g/mol. The number of hydrogen-bond donors (Lipinski definition) is 1. The number of pyridine rings is 2. The summed E-state index contributed by atoms with van der Waals surface area (Å²) in [7, 11) is 0. The summed E-state index contributed by atoms with van der Waals surface area (Å²) in [6, 6.07) is 7.64. The van der Waals surface area contributed by atoms with Crippen LogP contribution in [0.5, 0.6) is 0 Å². The van der Waals surface area contributed by atoms with E-state index in [1.165, 1.54) is 5.57 Å². The summed E-state index contributed by atoms with van der Waals surface area (Å²) in [6.07, 6.45) is 10.2. The molecule has 0 spiro atoms. The fourth-order valence-corrected chi connectivity index (χ4v) is 3.42. The molecule has 0 saturated carbocycles. The zero-order valence-electron chi connectivity index (χ0n) is 16.7. The molecule has 3 heterocycles. The predicted octanol–water partition coefficient (Wildman–Crippen LogP) is 3.54. The topological polar surface area (TPSA) is 85.1 Å². The van der Waals surface area contributed by atoms with Crippen molar-refractivity contribution in [1.82, 2.24) is 14.9 Å². The Morgan fingerprint density at radius 3 is 3.07 bits per heavy atom. The summed E-state index contributed by atoms with van der Waals surface area (Å²) >= 11 is 0. The van der Waals surface area contributed by atoms with Gasteiger partial charge in [-0.25, -0.2) is 0 Å². The average Bonchev–Trinajstić information content (AvgIpc) is 2.75. The van der Waals surface area contributed by atoms with Crippen LogP contribution in [0.25, 0.3) is 10.9 Å². The molecule has 6 heteroatoms. The lowest BCUT2D eigenvalue weighted by Gasteiger charge is -2.26. The molecule has 0 amide bonds. The number of fused-ring (bicyclic) bond motifs is 1. The van der Waals surface area contributed by atoms with Gasteiger partial charge in [-0.05, 0) is 75.4 Å². The molecule has 0 bridgehead atoms. The number of nitriles is 1. The monoisotopic (exact) mass is 387 g/mol. The summed E-state index contributed by atoms with van der Waals surface area (Å²) in [5.41, 5.74) is 4.24. The van der Waals surface area contributed by atoms with Gasteiger partial charge in [0.2, 0.25) is 0 Å². The predicted molar refractivity (Wildman–Crippen MR) is 117 cm³/mol. The summed E-state index contributed by atoms with van der Waals surface area (Å²) in [6.45, 7) is 8.19. The van der Waals surface area contributed by atoms with Crippen molar-refractivity contribution in [2.45, 2.75) is 26.2 Å². The molecule has 0 radical (unpaired) electrons. The Hall–Kier alpha value is -3.30. The number of allylic oxidation sites excluding steroid dienone is 4. The standard InChI is InChI=1S/C23H25N5O/c1-17(16-24)7-8-21(25-2)18-9-13-28(14-10-18)12-4-5-19-15-22-20(23(29)27-19)6-3-11-26-22/h3,6-9,11,15H,2,4-5,10,12-14H2,1H3,(H,27,29)/b17-7+,21-8-. The SMILES string of the molecule is C=N/C(=C\C=C(/C)C#N)C1=CCN(CCCc2cc3ncccc3c(=O)[nH]2)CC1. The molecule has 0 aliphatic carbocycles. The van der Waals surface area contributed by atoms with Crippen LogP contribution < -0.4 is 5.56 Å². The minimum absolute atomic E-state index is 0.0759. The second kappa shape index (κ2) is 9.76. The van der Waals surface area contributed by atoms with Crippen molar-refractivity contribution in [1.29, 1.82) is 5.26 Å². The molecule has 148 valence electrons. The lowest BCUT2D eigenvalue weighted by Crippen LogP contribution is -2.30. The maximum atomic E-state index is 12.2. The van der Waals surface area contributed by atoms with E-state index in [-0.39, 0.29) is 5.56 Å². The van der Waals surface area contributed by atoms with Gasteiger partial charge in [0.15, 0.2) is 0 Å². The second-order valence-corrected chi connectivity index (χ2v) is 7.11.